The van der Waals surface area contributed by atoms with Gasteiger partial charge in [-0.25, -0.2) is 0 Å². The molecule has 102 heavy (non-hydrogen) atoms. The molecule has 0 unspecified atom stereocenters. The van der Waals surface area contributed by atoms with E-state index in [2.05, 4.69) is 408 Å². The van der Waals surface area contributed by atoms with Gasteiger partial charge in [0.15, 0.2) is 0 Å². The number of hydrogen-bond acceptors (Lipinski definition) is 3. The molecule has 492 valence electrons. The topological polar surface area (TPSA) is 19.6 Å². The number of para-hydroxylation sites is 3. The predicted molar refractivity (Wildman–Crippen MR) is 436 cm³/mol. The third-order valence-corrected chi connectivity index (χ3v) is 21.5. The van der Waals surface area contributed by atoms with Crippen LogP contribution in [0.2, 0.25) is 0 Å². The first kappa shape index (κ1) is 62.4. The molecule has 16 aromatic rings. The van der Waals surface area contributed by atoms with E-state index in [-0.39, 0.29) is 23.0 Å². The molecule has 0 atom stereocenters. The highest BCUT2D eigenvalue weighted by Crippen LogP contribution is 2.50. The Labute approximate surface area is 599 Å². The van der Waals surface area contributed by atoms with Gasteiger partial charge in [-0.05, 0) is 222 Å². The third-order valence-electron chi connectivity index (χ3n) is 21.5. The Morgan fingerprint density at radius 3 is 1.14 bits per heavy atom. The van der Waals surface area contributed by atoms with Crippen molar-refractivity contribution in [3.63, 3.8) is 0 Å². The van der Waals surface area contributed by atoms with Crippen molar-refractivity contribution in [2.45, 2.75) is 78.6 Å². The second-order valence-corrected chi connectivity index (χ2v) is 31.0. The molecule has 0 amide bonds. The van der Waals surface area contributed by atoms with Crippen LogP contribution in [0, 0.1) is 0 Å². The number of fused-ring (bicyclic) bond motifs is 10. The molecule has 5 nitrogen and oxygen atoms in total. The Morgan fingerprint density at radius 2 is 0.647 bits per heavy atom. The third kappa shape index (κ3) is 10.5. The molecule has 0 saturated heterocycles. The SMILES string of the molecule is CC(C)(C)c1cc2c3c(c1)N(c1cc(-c4ccccc4)cc(-c4ccccc4)c1)c1cc(-n4c5ccc(C(C)(C)C)cc5c5cc(C(C)(C)C)ccc54)ccc1B3c1ccc(-n3c4ccccc4c4cc(N(c5ccccc5)c5ccccc5)ccc43)cc1N2c1cccc(-c2ccccc2)c1. The molecule has 0 aliphatic carbocycles. The summed E-state index contributed by atoms with van der Waals surface area (Å²) < 4.78 is 5.05. The van der Waals surface area contributed by atoms with E-state index < -0.39 is 0 Å². The molecular formula is C96H80BN5. The molecule has 2 aliphatic rings. The molecule has 6 heteroatoms. The standard InChI is InChI=1S/C96H80BN5/c1-94(2,3)69-42-49-86-80(56-69)81-57-70(95(4,5)6)43-50-87(81)100(86)77-45-48-84-90(62-77)102(78-54-67(64-30-17-11-18-31-64)52-68(55-78)65-32-19-12-20-33-65)92-59-71(96(7,8)9)58-91-93(92)97(84)83-47-44-76(61-89(83)101(91)74-39-27-34-66(53-74)63-28-15-10-16-29-63)99-85-41-26-25-40-79(85)82-60-75(46-51-88(82)99)98(72-35-21-13-22-36-72)73-37-23-14-24-38-73/h10-62H,1-9H3. The lowest BCUT2D eigenvalue weighted by molar-refractivity contribution is 0.590. The summed E-state index contributed by atoms with van der Waals surface area (Å²) in [6.45, 7) is 20.9. The monoisotopic (exact) mass is 1310 g/mol. The van der Waals surface area contributed by atoms with Gasteiger partial charge >= 0.3 is 0 Å². The lowest BCUT2D eigenvalue weighted by Gasteiger charge is -2.45. The summed E-state index contributed by atoms with van der Waals surface area (Å²) in [6.07, 6.45) is 0. The van der Waals surface area contributed by atoms with Crippen LogP contribution in [-0.2, 0) is 16.2 Å². The zero-order valence-corrected chi connectivity index (χ0v) is 59.4. The van der Waals surface area contributed by atoms with E-state index in [1.165, 1.54) is 93.7 Å². The van der Waals surface area contributed by atoms with Crippen LogP contribution < -0.4 is 31.1 Å². The molecule has 18 rings (SSSR count). The zero-order valence-electron chi connectivity index (χ0n) is 59.4. The summed E-state index contributed by atoms with van der Waals surface area (Å²) in [4.78, 5) is 7.63. The lowest BCUT2D eigenvalue weighted by Crippen LogP contribution is -2.61. The number of hydrogen-bond donors (Lipinski definition) is 0. The van der Waals surface area contributed by atoms with Crippen LogP contribution in [0.25, 0.3) is 88.4 Å². The summed E-state index contributed by atoms with van der Waals surface area (Å²) in [5.74, 6) is 0. The van der Waals surface area contributed by atoms with Crippen molar-refractivity contribution in [1.82, 2.24) is 9.13 Å². The highest BCUT2D eigenvalue weighted by Gasteiger charge is 2.45. The van der Waals surface area contributed by atoms with Crippen molar-refractivity contribution in [3.05, 3.63) is 338 Å². The molecule has 14 aromatic carbocycles. The van der Waals surface area contributed by atoms with Gasteiger partial charge in [0.25, 0.3) is 6.71 Å². The van der Waals surface area contributed by atoms with Crippen LogP contribution in [0.1, 0.15) is 79.0 Å². The second kappa shape index (κ2) is 23.9. The minimum atomic E-state index is -0.269. The van der Waals surface area contributed by atoms with Crippen molar-refractivity contribution in [1.29, 1.82) is 0 Å². The summed E-state index contributed by atoms with van der Waals surface area (Å²) in [6, 6.07) is 121. The summed E-state index contributed by atoms with van der Waals surface area (Å²) in [7, 11) is 0. The number of nitrogens with zero attached hydrogens (tertiary/aromatic N) is 5. The van der Waals surface area contributed by atoms with Crippen molar-refractivity contribution >= 4 is 118 Å². The van der Waals surface area contributed by atoms with Crippen LogP contribution in [0.3, 0.4) is 0 Å². The lowest BCUT2D eigenvalue weighted by atomic mass is 9.33. The fourth-order valence-corrected chi connectivity index (χ4v) is 16.2. The van der Waals surface area contributed by atoms with E-state index in [1.807, 2.05) is 0 Å². The molecule has 0 spiro atoms. The molecule has 2 aliphatic heterocycles. The predicted octanol–water partition coefficient (Wildman–Crippen LogP) is 24.3. The number of benzene rings is 14. The van der Waals surface area contributed by atoms with Crippen molar-refractivity contribution < 1.29 is 0 Å². The van der Waals surface area contributed by atoms with Gasteiger partial charge in [0.2, 0.25) is 0 Å². The second-order valence-electron chi connectivity index (χ2n) is 31.0. The first-order chi connectivity index (χ1) is 49.5. The Hall–Kier alpha value is -11.9. The van der Waals surface area contributed by atoms with Gasteiger partial charge in [-0.3, -0.25) is 0 Å². The quantitative estimate of drug-likeness (QED) is 0.127. The first-order valence-corrected chi connectivity index (χ1v) is 36.0. The largest absolute Gasteiger partial charge is 0.311 e. The maximum absolute atomic E-state index is 2.65. The fourth-order valence-electron chi connectivity index (χ4n) is 16.2. The van der Waals surface area contributed by atoms with E-state index in [1.54, 1.807) is 0 Å². The van der Waals surface area contributed by atoms with Crippen molar-refractivity contribution in [2.75, 3.05) is 14.7 Å². The van der Waals surface area contributed by atoms with Crippen LogP contribution in [0.15, 0.2) is 322 Å². The van der Waals surface area contributed by atoms with Gasteiger partial charge in [0.05, 0.1) is 22.1 Å². The van der Waals surface area contributed by atoms with Gasteiger partial charge in [-0.15, -0.1) is 0 Å². The number of rotatable bonds is 10. The molecule has 0 fully saturated rings. The van der Waals surface area contributed by atoms with Crippen molar-refractivity contribution in [3.8, 4) is 44.8 Å². The molecule has 2 aromatic heterocycles. The Bertz CT molecular complexity index is 5780. The van der Waals surface area contributed by atoms with Gasteiger partial charge in [0.1, 0.15) is 0 Å². The first-order valence-electron chi connectivity index (χ1n) is 36.0. The summed E-state index contributed by atoms with van der Waals surface area (Å²) in [5, 5.41) is 4.92. The highest BCUT2D eigenvalue weighted by molar-refractivity contribution is 7.00. The minimum Gasteiger partial charge on any atom is -0.311 e. The van der Waals surface area contributed by atoms with Gasteiger partial charge in [0, 0.05) is 84.1 Å². The van der Waals surface area contributed by atoms with E-state index in [9.17, 15) is 0 Å². The van der Waals surface area contributed by atoms with Gasteiger partial charge in [-0.1, -0.05) is 244 Å². The number of aromatic nitrogens is 2. The van der Waals surface area contributed by atoms with Crippen LogP contribution >= 0.6 is 0 Å². The molecule has 0 radical (unpaired) electrons. The highest BCUT2D eigenvalue weighted by atomic mass is 15.2. The average Bonchev–Trinajstić information content (AvgIpc) is 0.795. The molecule has 0 saturated carbocycles. The maximum atomic E-state index is 2.65. The van der Waals surface area contributed by atoms with Crippen LogP contribution in [0.5, 0.6) is 0 Å². The molecular weight excluding hydrogens is 1230 g/mol. The average molecular weight is 1310 g/mol. The number of anilines is 9. The Morgan fingerprint density at radius 1 is 0.245 bits per heavy atom. The fraction of sp³-hybridized carbons (Fsp3) is 0.125. The van der Waals surface area contributed by atoms with Crippen LogP contribution in [0.4, 0.5) is 51.2 Å². The summed E-state index contributed by atoms with van der Waals surface area (Å²) in [5.41, 5.74) is 31.2. The van der Waals surface area contributed by atoms with E-state index >= 15 is 0 Å². The minimum absolute atomic E-state index is 0.0413. The summed E-state index contributed by atoms with van der Waals surface area (Å²) >= 11 is 0. The Balaban J connectivity index is 0.927. The van der Waals surface area contributed by atoms with Crippen LogP contribution in [-0.4, -0.2) is 15.8 Å². The van der Waals surface area contributed by atoms with E-state index in [0.29, 0.717) is 0 Å². The van der Waals surface area contributed by atoms with Crippen molar-refractivity contribution in [2.24, 2.45) is 0 Å². The zero-order chi connectivity index (χ0) is 69.3. The smallest absolute Gasteiger partial charge is 0.252 e. The van der Waals surface area contributed by atoms with E-state index in [4.69, 9.17) is 0 Å². The van der Waals surface area contributed by atoms with E-state index in [0.717, 1.165) is 78.9 Å². The van der Waals surface area contributed by atoms with Gasteiger partial charge in [-0.2, -0.15) is 0 Å². The molecule has 0 bridgehead atoms. The molecule has 4 heterocycles. The molecule has 0 N–H and O–H groups in total. The van der Waals surface area contributed by atoms with Gasteiger partial charge < -0.3 is 23.8 Å². The normalized spacial score (nSPS) is 12.9. The maximum Gasteiger partial charge on any atom is 0.252 e. The Kier molecular flexibility index (Phi) is 14.6.